The van der Waals surface area contributed by atoms with Crippen LogP contribution in [0.1, 0.15) is 38.0 Å². The lowest BCUT2D eigenvalue weighted by Crippen LogP contribution is -2.42. The summed E-state index contributed by atoms with van der Waals surface area (Å²) < 4.78 is 5.68. The lowest BCUT2D eigenvalue weighted by molar-refractivity contribution is 0.198. The van der Waals surface area contributed by atoms with Crippen LogP contribution in [-0.2, 0) is 6.54 Å². The van der Waals surface area contributed by atoms with Gasteiger partial charge in [0.1, 0.15) is 0 Å². The van der Waals surface area contributed by atoms with E-state index in [1.54, 1.807) is 0 Å². The van der Waals surface area contributed by atoms with Crippen LogP contribution in [0.4, 0.5) is 6.01 Å². The molecule has 2 fully saturated rings. The molecular weight excluding hydrogens is 264 g/mol. The van der Waals surface area contributed by atoms with Gasteiger partial charge in [0, 0.05) is 13.1 Å². The van der Waals surface area contributed by atoms with E-state index >= 15 is 0 Å². The van der Waals surface area contributed by atoms with E-state index in [2.05, 4.69) is 20.4 Å². The van der Waals surface area contributed by atoms with Crippen molar-refractivity contribution in [2.24, 2.45) is 11.8 Å². The van der Waals surface area contributed by atoms with E-state index in [0.717, 1.165) is 24.9 Å². The number of hydrogen-bond acceptors (Lipinski definition) is 5. The van der Waals surface area contributed by atoms with E-state index in [0.29, 0.717) is 18.5 Å². The van der Waals surface area contributed by atoms with E-state index < -0.39 is 0 Å². The highest BCUT2D eigenvalue weighted by molar-refractivity contribution is 5.85. The lowest BCUT2D eigenvalue weighted by Gasteiger charge is -2.40. The highest BCUT2D eigenvalue weighted by Crippen LogP contribution is 2.37. The zero-order chi connectivity index (χ0) is 12.4. The van der Waals surface area contributed by atoms with Crippen LogP contribution >= 0.6 is 12.4 Å². The molecule has 2 heterocycles. The second-order valence-corrected chi connectivity index (χ2v) is 5.55. The van der Waals surface area contributed by atoms with Crippen molar-refractivity contribution in [3.8, 4) is 0 Å². The average molecular weight is 287 g/mol. The minimum absolute atomic E-state index is 0. The zero-order valence-corrected chi connectivity index (χ0v) is 12.3. The third-order valence-electron chi connectivity index (χ3n) is 4.35. The van der Waals surface area contributed by atoms with Crippen LogP contribution in [0.15, 0.2) is 4.42 Å². The summed E-state index contributed by atoms with van der Waals surface area (Å²) >= 11 is 0. The topological polar surface area (TPSA) is 54.2 Å². The Hall–Kier alpha value is -0.810. The molecule has 5 nitrogen and oxygen atoms in total. The van der Waals surface area contributed by atoms with Gasteiger partial charge >= 0.3 is 6.01 Å². The number of nitrogens with zero attached hydrogens (tertiary/aromatic N) is 3. The first-order chi connectivity index (χ1) is 8.86. The first-order valence-corrected chi connectivity index (χ1v) is 7.08. The quantitative estimate of drug-likeness (QED) is 0.923. The molecule has 1 saturated heterocycles. The predicted octanol–water partition coefficient (Wildman–Crippen LogP) is 2.23. The van der Waals surface area contributed by atoms with Crippen molar-refractivity contribution in [2.75, 3.05) is 25.0 Å². The molecule has 6 heteroatoms. The summed E-state index contributed by atoms with van der Waals surface area (Å²) in [5, 5.41) is 11.3. The first-order valence-electron chi connectivity index (χ1n) is 7.08. The van der Waals surface area contributed by atoms with Crippen LogP contribution < -0.4 is 10.2 Å². The Labute approximate surface area is 120 Å². The summed E-state index contributed by atoms with van der Waals surface area (Å²) in [4.78, 5) is 2.28. The maximum absolute atomic E-state index is 5.68. The van der Waals surface area contributed by atoms with Crippen LogP contribution in [0.3, 0.4) is 0 Å². The van der Waals surface area contributed by atoms with Gasteiger partial charge in [0.15, 0.2) is 0 Å². The standard InChI is InChI=1S/C13H22N4O.ClH/c1-14-8-12-15-16-13(18-12)17-7-6-10-4-2-3-5-11(10)9-17;/h10-11,14H,2-9H2,1H3;1H/t10-,11+;/m0./s1. The van der Waals surface area contributed by atoms with Crippen LogP contribution in [-0.4, -0.2) is 30.3 Å². The van der Waals surface area contributed by atoms with Gasteiger partial charge in [-0.1, -0.05) is 24.4 Å². The zero-order valence-electron chi connectivity index (χ0n) is 11.5. The summed E-state index contributed by atoms with van der Waals surface area (Å²) in [5.41, 5.74) is 0. The number of anilines is 1. The van der Waals surface area contributed by atoms with Gasteiger partial charge in [-0.05, 0) is 31.7 Å². The Morgan fingerprint density at radius 2 is 2.00 bits per heavy atom. The van der Waals surface area contributed by atoms with Gasteiger partial charge in [-0.25, -0.2) is 0 Å². The molecule has 0 spiro atoms. The van der Waals surface area contributed by atoms with Crippen molar-refractivity contribution in [1.82, 2.24) is 15.5 Å². The Bertz CT molecular complexity index is 398. The van der Waals surface area contributed by atoms with Crippen molar-refractivity contribution >= 4 is 18.4 Å². The second-order valence-electron chi connectivity index (χ2n) is 5.55. The molecule has 19 heavy (non-hydrogen) atoms. The lowest BCUT2D eigenvalue weighted by atomic mass is 9.75. The maximum Gasteiger partial charge on any atom is 0.318 e. The third kappa shape index (κ3) is 3.20. The summed E-state index contributed by atoms with van der Waals surface area (Å²) in [6.45, 7) is 2.82. The van der Waals surface area contributed by atoms with Gasteiger partial charge in [-0.15, -0.1) is 17.5 Å². The highest BCUT2D eigenvalue weighted by atomic mass is 35.5. The summed E-state index contributed by atoms with van der Waals surface area (Å²) in [7, 11) is 1.89. The number of halogens is 1. The molecule has 2 aliphatic rings. The fourth-order valence-electron chi connectivity index (χ4n) is 3.37. The van der Waals surface area contributed by atoms with E-state index in [1.165, 1.54) is 32.1 Å². The molecule has 0 bridgehead atoms. The molecule has 1 aromatic rings. The van der Waals surface area contributed by atoms with E-state index in [1.807, 2.05) is 7.05 Å². The van der Waals surface area contributed by atoms with Gasteiger partial charge in [-0.3, -0.25) is 0 Å². The number of rotatable bonds is 3. The van der Waals surface area contributed by atoms with E-state index in [9.17, 15) is 0 Å². The predicted molar refractivity (Wildman–Crippen MR) is 76.6 cm³/mol. The van der Waals surface area contributed by atoms with Crippen molar-refractivity contribution in [2.45, 2.75) is 38.6 Å². The SMILES string of the molecule is CNCc1nnc(N2CC[C@@H]3CCCC[C@@H]3C2)o1.Cl. The number of piperidine rings is 1. The molecule has 0 amide bonds. The second kappa shape index (κ2) is 6.57. The van der Waals surface area contributed by atoms with Gasteiger partial charge in [-0.2, -0.15) is 0 Å². The molecule has 2 atom stereocenters. The number of aromatic nitrogens is 2. The molecule has 3 rings (SSSR count). The fourth-order valence-corrected chi connectivity index (χ4v) is 3.37. The maximum atomic E-state index is 5.68. The van der Waals surface area contributed by atoms with E-state index in [4.69, 9.17) is 4.42 Å². The van der Waals surface area contributed by atoms with Crippen LogP contribution in [0.5, 0.6) is 0 Å². The molecular formula is C13H23ClN4O. The summed E-state index contributed by atoms with van der Waals surface area (Å²) in [6.07, 6.45) is 6.90. The fraction of sp³-hybridized carbons (Fsp3) is 0.846. The minimum atomic E-state index is 0. The molecule has 108 valence electrons. The Morgan fingerprint density at radius 1 is 1.21 bits per heavy atom. The largest absolute Gasteiger partial charge is 0.407 e. The van der Waals surface area contributed by atoms with Gasteiger partial charge in [0.05, 0.1) is 6.54 Å². The molecule has 1 aromatic heterocycles. The van der Waals surface area contributed by atoms with Crippen LogP contribution in [0.2, 0.25) is 0 Å². The van der Waals surface area contributed by atoms with Crippen LogP contribution in [0.25, 0.3) is 0 Å². The van der Waals surface area contributed by atoms with Crippen molar-refractivity contribution in [3.63, 3.8) is 0 Å². The number of fused-ring (bicyclic) bond motifs is 1. The smallest absolute Gasteiger partial charge is 0.318 e. The number of hydrogen-bond donors (Lipinski definition) is 1. The van der Waals surface area contributed by atoms with Gasteiger partial charge in [0.25, 0.3) is 0 Å². The molecule has 1 aliphatic heterocycles. The first kappa shape index (κ1) is 14.6. The highest BCUT2D eigenvalue weighted by Gasteiger charge is 2.32. The molecule has 0 aromatic carbocycles. The summed E-state index contributed by atoms with van der Waals surface area (Å²) in [5.74, 6) is 2.46. The molecule has 1 aliphatic carbocycles. The van der Waals surface area contributed by atoms with Crippen molar-refractivity contribution in [1.29, 1.82) is 0 Å². The Morgan fingerprint density at radius 3 is 2.79 bits per heavy atom. The van der Waals surface area contributed by atoms with Gasteiger partial charge < -0.3 is 14.6 Å². The Kier molecular flexibility index (Phi) is 5.05. The van der Waals surface area contributed by atoms with Crippen molar-refractivity contribution in [3.05, 3.63) is 5.89 Å². The minimum Gasteiger partial charge on any atom is -0.407 e. The Balaban J connectivity index is 0.00000133. The third-order valence-corrected chi connectivity index (χ3v) is 4.35. The van der Waals surface area contributed by atoms with Crippen LogP contribution in [0, 0.1) is 11.8 Å². The number of nitrogens with one attached hydrogen (secondary N) is 1. The van der Waals surface area contributed by atoms with Gasteiger partial charge in [0.2, 0.25) is 5.89 Å². The summed E-state index contributed by atoms with van der Waals surface area (Å²) in [6, 6.07) is 0.712. The normalized spacial score (nSPS) is 26.7. The van der Waals surface area contributed by atoms with Crippen molar-refractivity contribution < 1.29 is 4.42 Å². The monoisotopic (exact) mass is 286 g/mol. The molecule has 0 unspecified atom stereocenters. The molecule has 1 N–H and O–H groups in total. The average Bonchev–Trinajstić information content (AvgIpc) is 2.87. The molecule has 1 saturated carbocycles. The van der Waals surface area contributed by atoms with E-state index in [-0.39, 0.29) is 12.4 Å². The molecule has 0 radical (unpaired) electrons.